The molecule has 0 N–H and O–H groups in total. The van der Waals surface area contributed by atoms with Crippen LogP contribution in [0.3, 0.4) is 0 Å². The zero-order valence-corrected chi connectivity index (χ0v) is 29.8. The van der Waals surface area contributed by atoms with E-state index in [-0.39, 0.29) is 26.5 Å². The number of ether oxygens (including phenoxy) is 1. The number of anilines is 3. The van der Waals surface area contributed by atoms with Crippen molar-refractivity contribution in [2.24, 2.45) is 0 Å². The number of rotatable bonds is 4. The van der Waals surface area contributed by atoms with Gasteiger partial charge in [-0.25, -0.2) is 9.97 Å². The summed E-state index contributed by atoms with van der Waals surface area (Å²) in [5.41, 5.74) is 6.38. The molecule has 1 aliphatic heterocycles. The third kappa shape index (κ3) is 4.87. The van der Waals surface area contributed by atoms with Gasteiger partial charge in [0.05, 0.1) is 0 Å². The second-order valence-corrected chi connectivity index (χ2v) is 14.0. The molecule has 9 rings (SSSR count). The smallest absolute Gasteiger partial charge is 0.135 e. The minimum absolute atomic E-state index is 0. The number of hydrogen-bond acceptors (Lipinski definition) is 6. The molecule has 8 heteroatoms. The van der Waals surface area contributed by atoms with Crippen molar-refractivity contribution >= 4 is 70.5 Å². The van der Waals surface area contributed by atoms with Gasteiger partial charge in [-0.05, 0) is 65.9 Å². The number of fused-ring (bicyclic) bond motifs is 8. The quantitative estimate of drug-likeness (QED) is 0.166. The monoisotopic (exact) mass is 823 g/mol. The van der Waals surface area contributed by atoms with E-state index in [1.807, 2.05) is 36.7 Å². The zero-order chi connectivity index (χ0) is 31.9. The minimum atomic E-state index is -0.00190. The summed E-state index contributed by atoms with van der Waals surface area (Å²) in [6.07, 6.45) is 3.75. The Morgan fingerprint density at radius 2 is 1.62 bits per heavy atom. The van der Waals surface area contributed by atoms with E-state index in [0.717, 1.165) is 49.5 Å². The van der Waals surface area contributed by atoms with E-state index >= 15 is 0 Å². The van der Waals surface area contributed by atoms with Crippen LogP contribution in [0.25, 0.3) is 47.9 Å². The molecule has 0 radical (unpaired) electrons. The van der Waals surface area contributed by atoms with E-state index < -0.39 is 0 Å². The van der Waals surface area contributed by atoms with Crippen LogP contribution >= 0.6 is 11.3 Å². The third-order valence-corrected chi connectivity index (χ3v) is 9.98. The van der Waals surface area contributed by atoms with Crippen molar-refractivity contribution in [2.45, 2.75) is 26.2 Å². The van der Waals surface area contributed by atoms with Gasteiger partial charge in [0.1, 0.15) is 10.6 Å². The fourth-order valence-corrected chi connectivity index (χ4v) is 7.69. The van der Waals surface area contributed by atoms with Gasteiger partial charge in [0.15, 0.2) is 0 Å². The number of pyridine rings is 2. The van der Waals surface area contributed by atoms with Gasteiger partial charge in [0.2, 0.25) is 0 Å². The molecule has 0 fully saturated rings. The summed E-state index contributed by atoms with van der Waals surface area (Å²) in [6, 6.07) is 38.4. The number of para-hydroxylation sites is 1. The van der Waals surface area contributed by atoms with Gasteiger partial charge in [0.25, 0.3) is 0 Å². The summed E-state index contributed by atoms with van der Waals surface area (Å²) in [6.45, 7) is 8.77. The maximum absolute atomic E-state index is 6.48. The number of thiophene rings is 1. The van der Waals surface area contributed by atoms with Crippen LogP contribution in [0.1, 0.15) is 26.3 Å². The molecule has 8 aromatic rings. The Bertz CT molecular complexity index is 2510. The van der Waals surface area contributed by atoms with Crippen LogP contribution in [0.5, 0.6) is 11.5 Å². The molecule has 48 heavy (non-hydrogen) atoms. The fraction of sp³-hybridized carbons (Fsp3) is 0.125. The molecule has 0 spiro atoms. The second kappa shape index (κ2) is 11.5. The summed E-state index contributed by atoms with van der Waals surface area (Å²) in [5.74, 6) is 2.09. The molecule has 0 atom stereocenters. The molecule has 4 aromatic heterocycles. The average Bonchev–Trinajstić information content (AvgIpc) is 3.73. The molecule has 0 aliphatic carbocycles. The molecule has 0 saturated heterocycles. The first-order valence-corrected chi connectivity index (χ1v) is 16.4. The van der Waals surface area contributed by atoms with Crippen LogP contribution < -0.4 is 14.5 Å². The number of nitrogens with zero attached hydrogens (tertiary/aromatic N) is 5. The van der Waals surface area contributed by atoms with E-state index in [1.165, 1.54) is 21.0 Å². The molecule has 0 bridgehead atoms. The molecule has 240 valence electrons. The maximum atomic E-state index is 6.48. The van der Waals surface area contributed by atoms with Gasteiger partial charge in [-0.2, -0.15) is 18.8 Å². The molecule has 6 nitrogen and oxygen atoms in total. The van der Waals surface area contributed by atoms with Gasteiger partial charge in [0, 0.05) is 77.3 Å². The van der Waals surface area contributed by atoms with E-state index in [1.54, 1.807) is 11.3 Å². The molecule has 0 unspecified atom stereocenters. The number of aromatic nitrogens is 3. The molecule has 1 aliphatic rings. The van der Waals surface area contributed by atoms with Crippen LogP contribution in [0.2, 0.25) is 0 Å². The van der Waals surface area contributed by atoms with E-state index in [9.17, 15) is 0 Å². The Hall–Kier alpha value is -4.71. The van der Waals surface area contributed by atoms with Gasteiger partial charge in [-0.3, -0.25) is 0 Å². The fourth-order valence-electron chi connectivity index (χ4n) is 6.64. The van der Waals surface area contributed by atoms with Crippen molar-refractivity contribution in [2.75, 3.05) is 16.8 Å². The van der Waals surface area contributed by atoms with E-state index in [0.29, 0.717) is 11.5 Å². The predicted octanol–water partition coefficient (Wildman–Crippen LogP) is 10.3. The summed E-state index contributed by atoms with van der Waals surface area (Å²) in [5, 5.41) is 4.65. The first-order valence-electron chi connectivity index (χ1n) is 15.6. The van der Waals surface area contributed by atoms with Crippen molar-refractivity contribution in [3.63, 3.8) is 0 Å². The Labute approximate surface area is 297 Å². The third-order valence-electron chi connectivity index (χ3n) is 8.90. The zero-order valence-electron chi connectivity index (χ0n) is 26.8. The maximum Gasteiger partial charge on any atom is 0.135 e. The first kappa shape index (κ1) is 30.6. The van der Waals surface area contributed by atoms with Crippen molar-refractivity contribution in [3.05, 3.63) is 128 Å². The Balaban J connectivity index is 0.00000336. The number of hydrogen-bond donors (Lipinski definition) is 0. The van der Waals surface area contributed by atoms with E-state index in [2.05, 4.69) is 133 Å². The standard InChI is InChI=1S/C40H30N5OS.Pt/c1-40(2,3)25-18-20-41-36(21-25)45-32-13-6-5-11-29(32)30-15-14-28(23-34(30)45)46-27-10-7-9-26(22-27)44-24-43(4)38-33(44)16-17-35-37(38)31-12-8-19-42-39(31)47-35;/h5-21,24H,1-4H3;/q-3;. The van der Waals surface area contributed by atoms with Crippen molar-refractivity contribution in [1.82, 2.24) is 14.5 Å². The molecular weight excluding hydrogens is 794 g/mol. The van der Waals surface area contributed by atoms with Crippen LogP contribution in [-0.4, -0.2) is 21.6 Å². The van der Waals surface area contributed by atoms with E-state index in [4.69, 9.17) is 9.72 Å². The largest absolute Gasteiger partial charge is 0.509 e. The Kier molecular flexibility index (Phi) is 7.31. The van der Waals surface area contributed by atoms with Crippen LogP contribution in [-0.2, 0) is 26.5 Å². The van der Waals surface area contributed by atoms with Crippen molar-refractivity contribution in [3.8, 4) is 17.3 Å². The second-order valence-electron chi connectivity index (χ2n) is 13.0. The van der Waals surface area contributed by atoms with Gasteiger partial charge < -0.3 is 19.1 Å². The molecule has 0 amide bonds. The number of benzene rings is 4. The summed E-state index contributed by atoms with van der Waals surface area (Å²) < 4.78 is 9.89. The molecular formula is C40H30N5OPtS-3. The molecule has 5 heterocycles. The SMILES string of the molecule is CN1[CH-]N(c2[c-]c(Oc3[c-]c4c(cc3)c3ccccc3n4-c3cc(C(C)(C)C)ccn3)ccc2)c2ccc3sc4ncccc4c3c21.[Pt]. The summed E-state index contributed by atoms with van der Waals surface area (Å²) in [4.78, 5) is 14.8. The Morgan fingerprint density at radius 1 is 0.792 bits per heavy atom. The van der Waals surface area contributed by atoms with Crippen molar-refractivity contribution < 1.29 is 25.8 Å². The van der Waals surface area contributed by atoms with Gasteiger partial charge >= 0.3 is 0 Å². The minimum Gasteiger partial charge on any atom is -0.509 e. The first-order chi connectivity index (χ1) is 22.8. The van der Waals surface area contributed by atoms with Gasteiger partial charge in [-0.1, -0.05) is 44.5 Å². The van der Waals surface area contributed by atoms with Gasteiger partial charge in [-0.15, -0.1) is 52.7 Å². The topological polar surface area (TPSA) is 46.4 Å². The summed E-state index contributed by atoms with van der Waals surface area (Å²) >= 11 is 1.73. The predicted molar refractivity (Wildman–Crippen MR) is 193 cm³/mol. The normalized spacial score (nSPS) is 13.1. The molecule has 4 aromatic carbocycles. The van der Waals surface area contributed by atoms with Crippen LogP contribution in [0, 0.1) is 18.8 Å². The van der Waals surface area contributed by atoms with Crippen LogP contribution in [0.4, 0.5) is 17.1 Å². The van der Waals surface area contributed by atoms with Crippen LogP contribution in [0.15, 0.2) is 103 Å². The summed E-state index contributed by atoms with van der Waals surface area (Å²) in [7, 11) is 2.09. The van der Waals surface area contributed by atoms with Crippen molar-refractivity contribution in [1.29, 1.82) is 0 Å². The average molecular weight is 824 g/mol. The Morgan fingerprint density at radius 3 is 2.50 bits per heavy atom. The molecule has 0 saturated carbocycles.